The van der Waals surface area contributed by atoms with Crippen molar-refractivity contribution in [3.63, 3.8) is 0 Å². The SMILES string of the molecule is CC1CCCCC1N(C)C(=O)[C@H](N)C(C)(C)C. The maximum absolute atomic E-state index is 12.3. The van der Waals surface area contributed by atoms with Gasteiger partial charge in [0.05, 0.1) is 6.04 Å². The zero-order valence-electron chi connectivity index (χ0n) is 12.0. The van der Waals surface area contributed by atoms with Crippen molar-refractivity contribution < 1.29 is 4.79 Å². The lowest BCUT2D eigenvalue weighted by molar-refractivity contribution is -0.137. The molecule has 0 bridgehead atoms. The lowest BCUT2D eigenvalue weighted by Crippen LogP contribution is -2.53. The van der Waals surface area contributed by atoms with E-state index in [1.165, 1.54) is 19.3 Å². The van der Waals surface area contributed by atoms with Crippen molar-refractivity contribution >= 4 is 5.91 Å². The number of carbonyl (C=O) groups is 1. The van der Waals surface area contributed by atoms with Crippen LogP contribution in [0.5, 0.6) is 0 Å². The second-order valence-electron chi connectivity index (χ2n) is 6.62. The van der Waals surface area contributed by atoms with E-state index >= 15 is 0 Å². The van der Waals surface area contributed by atoms with E-state index in [1.54, 1.807) is 0 Å². The smallest absolute Gasteiger partial charge is 0.240 e. The molecule has 1 saturated carbocycles. The molecule has 0 heterocycles. The summed E-state index contributed by atoms with van der Waals surface area (Å²) in [6.45, 7) is 8.31. The van der Waals surface area contributed by atoms with E-state index in [0.717, 1.165) is 6.42 Å². The van der Waals surface area contributed by atoms with Crippen LogP contribution in [0, 0.1) is 11.3 Å². The Bertz CT molecular complexity index is 270. The largest absolute Gasteiger partial charge is 0.341 e. The quantitative estimate of drug-likeness (QED) is 0.805. The number of carbonyl (C=O) groups excluding carboxylic acids is 1. The monoisotopic (exact) mass is 240 g/mol. The molecule has 0 aliphatic heterocycles. The molecule has 3 heteroatoms. The van der Waals surface area contributed by atoms with Crippen LogP contribution < -0.4 is 5.73 Å². The van der Waals surface area contributed by atoms with Crippen molar-refractivity contribution in [2.75, 3.05) is 7.05 Å². The van der Waals surface area contributed by atoms with E-state index < -0.39 is 6.04 Å². The average molecular weight is 240 g/mol. The highest BCUT2D eigenvalue weighted by Crippen LogP contribution is 2.29. The molecule has 0 spiro atoms. The summed E-state index contributed by atoms with van der Waals surface area (Å²) in [6.07, 6.45) is 4.88. The van der Waals surface area contributed by atoms with Crippen molar-refractivity contribution in [2.24, 2.45) is 17.1 Å². The fourth-order valence-electron chi connectivity index (χ4n) is 2.63. The molecule has 17 heavy (non-hydrogen) atoms. The standard InChI is InChI=1S/C14H28N2O/c1-10-8-6-7-9-11(10)16(5)13(17)12(15)14(2,3)4/h10-12H,6-9,15H2,1-5H3/t10?,11?,12-/m0/s1. The molecule has 1 fully saturated rings. The summed E-state index contributed by atoms with van der Waals surface area (Å²) in [7, 11) is 1.92. The van der Waals surface area contributed by atoms with Crippen LogP contribution in [0.2, 0.25) is 0 Å². The van der Waals surface area contributed by atoms with Crippen LogP contribution in [-0.2, 0) is 4.79 Å². The Hall–Kier alpha value is -0.570. The van der Waals surface area contributed by atoms with Gasteiger partial charge in [0, 0.05) is 13.1 Å². The van der Waals surface area contributed by atoms with E-state index in [1.807, 2.05) is 32.7 Å². The number of hydrogen-bond donors (Lipinski definition) is 1. The average Bonchev–Trinajstić information content (AvgIpc) is 2.25. The van der Waals surface area contributed by atoms with Crippen LogP contribution in [-0.4, -0.2) is 29.9 Å². The van der Waals surface area contributed by atoms with Crippen LogP contribution in [0.15, 0.2) is 0 Å². The Kier molecular flexibility index (Phi) is 4.59. The zero-order valence-corrected chi connectivity index (χ0v) is 12.0. The fraction of sp³-hybridized carbons (Fsp3) is 0.929. The molecule has 0 aromatic carbocycles. The Balaban J connectivity index is 2.68. The highest BCUT2D eigenvalue weighted by Gasteiger charge is 2.34. The van der Waals surface area contributed by atoms with Gasteiger partial charge in [0.25, 0.3) is 0 Å². The molecular formula is C14H28N2O. The Morgan fingerprint density at radius 2 is 1.82 bits per heavy atom. The predicted octanol–water partition coefficient (Wildman–Crippen LogP) is 2.40. The molecule has 1 rings (SSSR count). The van der Waals surface area contributed by atoms with Crippen LogP contribution >= 0.6 is 0 Å². The number of nitrogens with zero attached hydrogens (tertiary/aromatic N) is 1. The lowest BCUT2D eigenvalue weighted by Gasteiger charge is -2.39. The first-order valence-corrected chi connectivity index (χ1v) is 6.77. The Morgan fingerprint density at radius 1 is 1.29 bits per heavy atom. The maximum atomic E-state index is 12.3. The molecule has 0 aromatic rings. The van der Waals surface area contributed by atoms with Crippen molar-refractivity contribution in [3.8, 4) is 0 Å². The molecule has 3 nitrogen and oxygen atoms in total. The van der Waals surface area contributed by atoms with Gasteiger partial charge in [0.2, 0.25) is 5.91 Å². The second-order valence-corrected chi connectivity index (χ2v) is 6.62. The van der Waals surface area contributed by atoms with Gasteiger partial charge in [-0.1, -0.05) is 40.5 Å². The predicted molar refractivity (Wildman–Crippen MR) is 71.6 cm³/mol. The minimum Gasteiger partial charge on any atom is -0.341 e. The third-order valence-electron chi connectivity index (χ3n) is 4.11. The summed E-state index contributed by atoms with van der Waals surface area (Å²) in [4.78, 5) is 14.2. The lowest BCUT2D eigenvalue weighted by atomic mass is 9.83. The third-order valence-corrected chi connectivity index (χ3v) is 4.11. The molecule has 2 N–H and O–H groups in total. The summed E-state index contributed by atoms with van der Waals surface area (Å²) in [5.74, 6) is 0.695. The zero-order chi connectivity index (χ0) is 13.2. The van der Waals surface area contributed by atoms with Gasteiger partial charge in [-0.2, -0.15) is 0 Å². The first-order valence-electron chi connectivity index (χ1n) is 6.77. The molecule has 3 atom stereocenters. The summed E-state index contributed by atoms with van der Waals surface area (Å²) >= 11 is 0. The third kappa shape index (κ3) is 3.44. The van der Waals surface area contributed by atoms with E-state index in [4.69, 9.17) is 5.73 Å². The summed E-state index contributed by atoms with van der Waals surface area (Å²) in [6, 6.07) is -0.0220. The van der Waals surface area contributed by atoms with Crippen LogP contribution in [0.25, 0.3) is 0 Å². The minimum atomic E-state index is -0.401. The van der Waals surface area contributed by atoms with Crippen molar-refractivity contribution in [2.45, 2.75) is 65.5 Å². The van der Waals surface area contributed by atoms with Gasteiger partial charge in [-0.15, -0.1) is 0 Å². The number of likely N-dealkylation sites (N-methyl/N-ethyl adjacent to an activating group) is 1. The first-order chi connectivity index (χ1) is 7.75. The van der Waals surface area contributed by atoms with Crippen molar-refractivity contribution in [1.29, 1.82) is 0 Å². The minimum absolute atomic E-state index is 0.0938. The topological polar surface area (TPSA) is 46.3 Å². The highest BCUT2D eigenvalue weighted by atomic mass is 16.2. The number of hydrogen-bond acceptors (Lipinski definition) is 2. The van der Waals surface area contributed by atoms with E-state index in [-0.39, 0.29) is 11.3 Å². The molecule has 0 radical (unpaired) electrons. The maximum Gasteiger partial charge on any atom is 0.240 e. The van der Waals surface area contributed by atoms with E-state index in [2.05, 4.69) is 6.92 Å². The van der Waals surface area contributed by atoms with E-state index in [0.29, 0.717) is 12.0 Å². The molecule has 0 aromatic heterocycles. The van der Waals surface area contributed by atoms with Crippen LogP contribution in [0.4, 0.5) is 0 Å². The van der Waals surface area contributed by atoms with Gasteiger partial charge >= 0.3 is 0 Å². The number of nitrogens with two attached hydrogens (primary N) is 1. The van der Waals surface area contributed by atoms with Crippen molar-refractivity contribution in [1.82, 2.24) is 4.90 Å². The van der Waals surface area contributed by atoms with Crippen LogP contribution in [0.1, 0.15) is 53.4 Å². The van der Waals surface area contributed by atoms with Gasteiger partial charge < -0.3 is 10.6 Å². The first kappa shape index (κ1) is 14.5. The Morgan fingerprint density at radius 3 is 2.29 bits per heavy atom. The molecule has 1 aliphatic carbocycles. The normalized spacial score (nSPS) is 27.6. The van der Waals surface area contributed by atoms with E-state index in [9.17, 15) is 4.79 Å². The molecular weight excluding hydrogens is 212 g/mol. The summed E-state index contributed by atoms with van der Waals surface area (Å²) in [5, 5.41) is 0. The summed E-state index contributed by atoms with van der Waals surface area (Å²) in [5.41, 5.74) is 5.89. The van der Waals surface area contributed by atoms with Crippen molar-refractivity contribution in [3.05, 3.63) is 0 Å². The van der Waals surface area contributed by atoms with Gasteiger partial charge in [-0.05, 0) is 24.2 Å². The summed E-state index contributed by atoms with van der Waals surface area (Å²) < 4.78 is 0. The fourth-order valence-corrected chi connectivity index (χ4v) is 2.63. The molecule has 2 unspecified atom stereocenters. The molecule has 1 amide bonds. The molecule has 1 aliphatic rings. The molecule has 100 valence electrons. The van der Waals surface area contributed by atoms with Crippen LogP contribution in [0.3, 0.4) is 0 Å². The molecule has 0 saturated heterocycles. The number of rotatable bonds is 2. The second kappa shape index (κ2) is 5.38. The van der Waals surface area contributed by atoms with Gasteiger partial charge in [0.15, 0.2) is 0 Å². The highest BCUT2D eigenvalue weighted by molar-refractivity contribution is 5.82. The Labute approximate surface area is 106 Å². The van der Waals surface area contributed by atoms with Gasteiger partial charge in [-0.3, -0.25) is 4.79 Å². The number of amides is 1. The van der Waals surface area contributed by atoms with Gasteiger partial charge in [0.1, 0.15) is 0 Å². The van der Waals surface area contributed by atoms with Gasteiger partial charge in [-0.25, -0.2) is 0 Å².